The van der Waals surface area contributed by atoms with E-state index in [2.05, 4.69) is 29.2 Å². The highest BCUT2D eigenvalue weighted by molar-refractivity contribution is 5.71. The maximum atomic E-state index is 15.1. The second-order valence-electron chi connectivity index (χ2n) is 8.92. The Hall–Kier alpha value is -2.40. The van der Waals surface area contributed by atoms with Gasteiger partial charge in [-0.25, -0.2) is 9.18 Å². The standard InChI is InChI=1S/C29H42FNO7/c1-24(37-19-17-35-15-13-34-14-16-36-18-20-38-25(2)29(32)33)28(30)23-31(21-26-9-5-3-6-10-26)22-27-11-7-4-8-12-27/h3-12,24-25,28H,13-23H2,1-2H3,(H,32,33). The molecule has 0 aliphatic carbocycles. The normalized spacial score (nSPS) is 13.9. The minimum absolute atomic E-state index is 0.215. The minimum Gasteiger partial charge on any atom is -0.479 e. The number of carboxylic acid groups (broad SMARTS) is 1. The van der Waals surface area contributed by atoms with E-state index < -0.39 is 24.3 Å². The topological polar surface area (TPSA) is 86.7 Å². The van der Waals surface area contributed by atoms with Gasteiger partial charge in [-0.05, 0) is 25.0 Å². The number of benzene rings is 2. The highest BCUT2D eigenvalue weighted by atomic mass is 19.1. The van der Waals surface area contributed by atoms with Crippen LogP contribution in [0.3, 0.4) is 0 Å². The van der Waals surface area contributed by atoms with Crippen LogP contribution < -0.4 is 0 Å². The van der Waals surface area contributed by atoms with Crippen LogP contribution in [0.25, 0.3) is 0 Å². The zero-order valence-corrected chi connectivity index (χ0v) is 22.5. The molecule has 0 bridgehead atoms. The monoisotopic (exact) mass is 535 g/mol. The quantitative estimate of drug-likeness (QED) is 0.227. The first-order valence-electron chi connectivity index (χ1n) is 13.1. The Labute approximate surface area is 225 Å². The number of aliphatic carboxylic acids is 1. The Kier molecular flexibility index (Phi) is 16.4. The molecular weight excluding hydrogens is 493 g/mol. The molecule has 0 fully saturated rings. The number of carboxylic acids is 1. The smallest absolute Gasteiger partial charge is 0.332 e. The van der Waals surface area contributed by atoms with Gasteiger partial charge in [0.05, 0.1) is 59.0 Å². The van der Waals surface area contributed by atoms with Gasteiger partial charge in [0.2, 0.25) is 0 Å². The lowest BCUT2D eigenvalue weighted by atomic mass is 10.1. The van der Waals surface area contributed by atoms with Gasteiger partial charge in [0.1, 0.15) is 6.17 Å². The van der Waals surface area contributed by atoms with Crippen molar-refractivity contribution in [1.82, 2.24) is 4.90 Å². The summed E-state index contributed by atoms with van der Waals surface area (Å²) in [6, 6.07) is 20.2. The molecule has 3 unspecified atom stereocenters. The van der Waals surface area contributed by atoms with Crippen LogP contribution in [-0.4, -0.2) is 93.8 Å². The zero-order valence-electron chi connectivity index (χ0n) is 22.5. The molecule has 1 N–H and O–H groups in total. The average Bonchev–Trinajstić information content (AvgIpc) is 2.92. The summed E-state index contributed by atoms with van der Waals surface area (Å²) >= 11 is 0. The molecule has 0 aliphatic rings. The summed E-state index contributed by atoms with van der Waals surface area (Å²) in [5, 5.41) is 8.71. The fraction of sp³-hybridized carbons (Fsp3) is 0.552. The molecule has 38 heavy (non-hydrogen) atoms. The summed E-state index contributed by atoms with van der Waals surface area (Å²) in [5.41, 5.74) is 2.29. The van der Waals surface area contributed by atoms with Crippen molar-refractivity contribution in [2.24, 2.45) is 0 Å². The third-order valence-corrected chi connectivity index (χ3v) is 5.74. The number of alkyl halides is 1. The summed E-state index contributed by atoms with van der Waals surface area (Å²) < 4.78 is 42.0. The van der Waals surface area contributed by atoms with Crippen molar-refractivity contribution in [3.8, 4) is 0 Å². The summed E-state index contributed by atoms with van der Waals surface area (Å²) in [5.74, 6) is -0.998. The second-order valence-corrected chi connectivity index (χ2v) is 8.92. The summed E-state index contributed by atoms with van der Waals surface area (Å²) in [6.45, 7) is 7.59. The van der Waals surface area contributed by atoms with E-state index in [-0.39, 0.29) is 13.2 Å². The zero-order chi connectivity index (χ0) is 27.4. The van der Waals surface area contributed by atoms with E-state index in [4.69, 9.17) is 28.8 Å². The molecule has 2 rings (SSSR count). The molecule has 0 aromatic heterocycles. The second kappa shape index (κ2) is 19.6. The van der Waals surface area contributed by atoms with Crippen molar-refractivity contribution in [3.63, 3.8) is 0 Å². The molecule has 0 aliphatic heterocycles. The third-order valence-electron chi connectivity index (χ3n) is 5.74. The fourth-order valence-corrected chi connectivity index (χ4v) is 3.56. The van der Waals surface area contributed by atoms with Crippen LogP contribution in [0.2, 0.25) is 0 Å². The molecule has 9 heteroatoms. The van der Waals surface area contributed by atoms with Gasteiger partial charge in [-0.3, -0.25) is 4.90 Å². The minimum atomic E-state index is -1.14. The van der Waals surface area contributed by atoms with Gasteiger partial charge in [-0.15, -0.1) is 0 Å². The number of hydrogen-bond donors (Lipinski definition) is 1. The Morgan fingerprint density at radius 3 is 1.61 bits per heavy atom. The third kappa shape index (κ3) is 14.5. The van der Waals surface area contributed by atoms with E-state index in [0.29, 0.717) is 59.3 Å². The predicted molar refractivity (Wildman–Crippen MR) is 143 cm³/mol. The van der Waals surface area contributed by atoms with Gasteiger partial charge < -0.3 is 28.8 Å². The molecule has 0 amide bonds. The number of carbonyl (C=O) groups is 1. The van der Waals surface area contributed by atoms with E-state index in [1.54, 1.807) is 6.92 Å². The number of rotatable bonds is 22. The molecule has 3 atom stereocenters. The SMILES string of the molecule is CC(OCCOCCOCCOCCOC(C)C(F)CN(Cc1ccccc1)Cc1ccccc1)C(=O)O. The number of ether oxygens (including phenoxy) is 5. The van der Waals surface area contributed by atoms with Crippen LogP contribution in [0, 0.1) is 0 Å². The van der Waals surface area contributed by atoms with E-state index >= 15 is 4.39 Å². The van der Waals surface area contributed by atoms with Gasteiger partial charge in [0, 0.05) is 19.6 Å². The van der Waals surface area contributed by atoms with Crippen LogP contribution in [0.1, 0.15) is 25.0 Å². The molecule has 2 aromatic carbocycles. The Morgan fingerprint density at radius 1 is 0.737 bits per heavy atom. The maximum absolute atomic E-state index is 15.1. The molecule has 0 spiro atoms. The first-order chi connectivity index (χ1) is 18.5. The lowest BCUT2D eigenvalue weighted by Crippen LogP contribution is -2.36. The van der Waals surface area contributed by atoms with Gasteiger partial charge in [0.25, 0.3) is 0 Å². The Bertz CT molecular complexity index is 817. The van der Waals surface area contributed by atoms with Crippen LogP contribution in [0.4, 0.5) is 4.39 Å². The molecule has 0 radical (unpaired) electrons. The molecular formula is C29H42FNO7. The van der Waals surface area contributed by atoms with Gasteiger partial charge in [0.15, 0.2) is 6.10 Å². The number of hydrogen-bond acceptors (Lipinski definition) is 7. The first-order valence-corrected chi connectivity index (χ1v) is 13.1. The molecule has 212 valence electrons. The van der Waals surface area contributed by atoms with Crippen LogP contribution in [0.15, 0.2) is 60.7 Å². The number of halogens is 1. The lowest BCUT2D eigenvalue weighted by molar-refractivity contribution is -0.150. The van der Waals surface area contributed by atoms with Gasteiger partial charge in [-0.1, -0.05) is 60.7 Å². The lowest BCUT2D eigenvalue weighted by Gasteiger charge is -2.27. The summed E-state index contributed by atoms with van der Waals surface area (Å²) in [6.07, 6.45) is -2.53. The molecule has 2 aromatic rings. The average molecular weight is 536 g/mol. The summed E-state index contributed by atoms with van der Waals surface area (Å²) in [4.78, 5) is 12.7. The van der Waals surface area contributed by atoms with E-state index in [1.165, 1.54) is 6.92 Å². The van der Waals surface area contributed by atoms with Crippen molar-refractivity contribution in [1.29, 1.82) is 0 Å². The van der Waals surface area contributed by atoms with E-state index in [0.717, 1.165) is 11.1 Å². The van der Waals surface area contributed by atoms with Gasteiger partial charge in [-0.2, -0.15) is 0 Å². The molecule has 0 saturated heterocycles. The van der Waals surface area contributed by atoms with Crippen molar-refractivity contribution >= 4 is 5.97 Å². The largest absolute Gasteiger partial charge is 0.479 e. The van der Waals surface area contributed by atoms with Crippen molar-refractivity contribution in [2.75, 3.05) is 59.4 Å². The molecule has 0 saturated carbocycles. The highest BCUT2D eigenvalue weighted by Gasteiger charge is 2.21. The number of nitrogens with zero attached hydrogens (tertiary/aromatic N) is 1. The Balaban J connectivity index is 1.54. The van der Waals surface area contributed by atoms with Gasteiger partial charge >= 0.3 is 5.97 Å². The van der Waals surface area contributed by atoms with Crippen molar-refractivity contribution in [2.45, 2.75) is 45.3 Å². The first kappa shape index (κ1) is 31.8. The van der Waals surface area contributed by atoms with Crippen LogP contribution >= 0.6 is 0 Å². The highest BCUT2D eigenvalue weighted by Crippen LogP contribution is 2.14. The fourth-order valence-electron chi connectivity index (χ4n) is 3.56. The van der Waals surface area contributed by atoms with E-state index in [1.807, 2.05) is 36.4 Å². The van der Waals surface area contributed by atoms with Crippen molar-refractivity contribution in [3.05, 3.63) is 71.8 Å². The van der Waals surface area contributed by atoms with Crippen LogP contribution in [-0.2, 0) is 41.6 Å². The Morgan fingerprint density at radius 2 is 1.16 bits per heavy atom. The summed E-state index contributed by atoms with van der Waals surface area (Å²) in [7, 11) is 0. The maximum Gasteiger partial charge on any atom is 0.332 e. The van der Waals surface area contributed by atoms with E-state index in [9.17, 15) is 4.79 Å². The predicted octanol–water partition coefficient (Wildman–Crippen LogP) is 3.97. The van der Waals surface area contributed by atoms with Crippen LogP contribution in [0.5, 0.6) is 0 Å². The van der Waals surface area contributed by atoms with Crippen molar-refractivity contribution < 1.29 is 38.0 Å². The molecule has 0 heterocycles. The molecule has 8 nitrogen and oxygen atoms in total.